The lowest BCUT2D eigenvalue weighted by atomic mass is 9.67. The maximum Gasteiger partial charge on any atom is 0.127 e. The molecule has 1 aliphatic carbocycles. The van der Waals surface area contributed by atoms with Crippen LogP contribution in [-0.2, 0) is 5.41 Å². The third-order valence-corrected chi connectivity index (χ3v) is 7.98. The Balaban J connectivity index is 1.40. The zero-order valence-corrected chi connectivity index (χ0v) is 23.2. The van der Waals surface area contributed by atoms with Crippen LogP contribution in [0.1, 0.15) is 33.4 Å². The van der Waals surface area contributed by atoms with Crippen molar-refractivity contribution in [1.82, 2.24) is 0 Å². The molecule has 0 fully saturated rings. The molecule has 0 aliphatic heterocycles. The highest BCUT2D eigenvalue weighted by molar-refractivity contribution is 5.86. The van der Waals surface area contributed by atoms with Gasteiger partial charge in [-0.3, -0.25) is 0 Å². The van der Waals surface area contributed by atoms with Gasteiger partial charge in [0.15, 0.2) is 0 Å². The van der Waals surface area contributed by atoms with Gasteiger partial charge in [0, 0.05) is 0 Å². The molecule has 6 aromatic rings. The molecule has 0 unspecified atom stereocenters. The molecule has 0 aromatic heterocycles. The Bertz CT molecular complexity index is 1680. The number of benzene rings is 6. The van der Waals surface area contributed by atoms with Crippen molar-refractivity contribution < 1.29 is 9.47 Å². The summed E-state index contributed by atoms with van der Waals surface area (Å²) in [5.74, 6) is 3.28. The van der Waals surface area contributed by atoms with Crippen LogP contribution in [0.25, 0.3) is 11.1 Å². The van der Waals surface area contributed by atoms with Crippen molar-refractivity contribution in [3.8, 4) is 34.1 Å². The summed E-state index contributed by atoms with van der Waals surface area (Å²) in [7, 11) is 0. The molecular formula is C39H30O2. The Morgan fingerprint density at radius 3 is 1.15 bits per heavy atom. The molecule has 2 nitrogen and oxygen atoms in total. The van der Waals surface area contributed by atoms with E-state index in [9.17, 15) is 0 Å². The number of ether oxygens (including phenoxy) is 2. The van der Waals surface area contributed by atoms with Crippen molar-refractivity contribution in [2.45, 2.75) is 19.3 Å². The topological polar surface area (TPSA) is 18.5 Å². The number of fused-ring (bicyclic) bond motifs is 3. The van der Waals surface area contributed by atoms with E-state index in [1.165, 1.54) is 44.5 Å². The van der Waals surface area contributed by atoms with E-state index in [2.05, 4.69) is 98.8 Å². The molecule has 0 atom stereocenters. The summed E-state index contributed by atoms with van der Waals surface area (Å²) < 4.78 is 12.3. The summed E-state index contributed by atoms with van der Waals surface area (Å²) in [6.07, 6.45) is 0. The van der Waals surface area contributed by atoms with Gasteiger partial charge >= 0.3 is 0 Å². The summed E-state index contributed by atoms with van der Waals surface area (Å²) in [4.78, 5) is 0. The third kappa shape index (κ3) is 4.38. The fourth-order valence-corrected chi connectivity index (χ4v) is 6.14. The van der Waals surface area contributed by atoms with Crippen LogP contribution in [0.15, 0.2) is 146 Å². The fourth-order valence-electron chi connectivity index (χ4n) is 6.14. The summed E-state index contributed by atoms with van der Waals surface area (Å²) >= 11 is 0. The first-order valence-corrected chi connectivity index (χ1v) is 14.0. The van der Waals surface area contributed by atoms with E-state index < -0.39 is 5.41 Å². The Kier molecular flexibility index (Phi) is 6.17. The van der Waals surface area contributed by atoms with Gasteiger partial charge in [-0.1, -0.05) is 108 Å². The highest BCUT2D eigenvalue weighted by Crippen LogP contribution is 2.56. The van der Waals surface area contributed by atoms with Crippen LogP contribution in [0, 0.1) is 13.8 Å². The van der Waals surface area contributed by atoms with E-state index in [0.717, 1.165) is 23.0 Å². The Hall–Kier alpha value is -5.08. The smallest absolute Gasteiger partial charge is 0.127 e. The number of aryl methyl sites for hydroxylation is 2. The van der Waals surface area contributed by atoms with Gasteiger partial charge < -0.3 is 9.47 Å². The molecule has 0 amide bonds. The zero-order chi connectivity index (χ0) is 27.8. The second-order valence-electron chi connectivity index (χ2n) is 10.7. The van der Waals surface area contributed by atoms with Crippen molar-refractivity contribution in [3.63, 3.8) is 0 Å². The van der Waals surface area contributed by atoms with Crippen molar-refractivity contribution >= 4 is 0 Å². The van der Waals surface area contributed by atoms with Gasteiger partial charge in [0.05, 0.1) is 5.41 Å². The van der Waals surface area contributed by atoms with E-state index in [1.54, 1.807) is 0 Å². The summed E-state index contributed by atoms with van der Waals surface area (Å²) in [5.41, 5.74) is 9.55. The minimum absolute atomic E-state index is 0.487. The van der Waals surface area contributed by atoms with Crippen LogP contribution < -0.4 is 9.47 Å². The van der Waals surface area contributed by atoms with Crippen LogP contribution in [0.2, 0.25) is 0 Å². The quantitative estimate of drug-likeness (QED) is 0.213. The van der Waals surface area contributed by atoms with Crippen molar-refractivity contribution in [1.29, 1.82) is 0 Å². The van der Waals surface area contributed by atoms with Crippen LogP contribution in [0.5, 0.6) is 23.0 Å². The van der Waals surface area contributed by atoms with Crippen LogP contribution in [0.3, 0.4) is 0 Å². The monoisotopic (exact) mass is 530 g/mol. The fraction of sp³-hybridized carbons (Fsp3) is 0.0769. The van der Waals surface area contributed by atoms with Crippen molar-refractivity contribution in [3.05, 3.63) is 179 Å². The van der Waals surface area contributed by atoms with Crippen LogP contribution in [0.4, 0.5) is 0 Å². The molecule has 198 valence electrons. The number of hydrogen-bond donors (Lipinski definition) is 0. The highest BCUT2D eigenvalue weighted by Gasteiger charge is 2.46. The third-order valence-electron chi connectivity index (χ3n) is 7.98. The minimum atomic E-state index is -0.487. The minimum Gasteiger partial charge on any atom is -0.457 e. The molecule has 7 rings (SSSR count). The Labute approximate surface area is 241 Å². The van der Waals surface area contributed by atoms with Crippen molar-refractivity contribution in [2.24, 2.45) is 0 Å². The van der Waals surface area contributed by atoms with E-state index in [1.807, 2.05) is 60.7 Å². The lowest BCUT2D eigenvalue weighted by Gasteiger charge is -2.34. The molecular weight excluding hydrogens is 500 g/mol. The number of hydrogen-bond acceptors (Lipinski definition) is 2. The van der Waals surface area contributed by atoms with Crippen LogP contribution in [-0.4, -0.2) is 0 Å². The molecule has 2 heteroatoms. The van der Waals surface area contributed by atoms with E-state index in [4.69, 9.17) is 9.47 Å². The second kappa shape index (κ2) is 10.1. The zero-order valence-electron chi connectivity index (χ0n) is 23.2. The first-order valence-electron chi connectivity index (χ1n) is 14.0. The lowest BCUT2D eigenvalue weighted by molar-refractivity contribution is 0.482. The molecule has 0 saturated heterocycles. The van der Waals surface area contributed by atoms with Gasteiger partial charge in [-0.15, -0.1) is 0 Å². The van der Waals surface area contributed by atoms with E-state index in [-0.39, 0.29) is 0 Å². The highest BCUT2D eigenvalue weighted by atomic mass is 16.5. The molecule has 0 radical (unpaired) electrons. The average Bonchev–Trinajstić information content (AvgIpc) is 3.28. The molecule has 41 heavy (non-hydrogen) atoms. The molecule has 1 aliphatic rings. The predicted octanol–water partition coefficient (Wildman–Crippen LogP) is 10.3. The van der Waals surface area contributed by atoms with Gasteiger partial charge in [0.1, 0.15) is 23.0 Å². The number of para-hydroxylation sites is 2. The Morgan fingerprint density at radius 1 is 0.390 bits per heavy atom. The molecule has 6 aromatic carbocycles. The van der Waals surface area contributed by atoms with Gasteiger partial charge in [-0.05, 0) is 95.8 Å². The molecule has 0 N–H and O–H groups in total. The van der Waals surface area contributed by atoms with Gasteiger partial charge in [0.2, 0.25) is 0 Å². The van der Waals surface area contributed by atoms with Crippen LogP contribution >= 0.6 is 0 Å². The molecule has 0 spiro atoms. The summed E-state index contributed by atoms with van der Waals surface area (Å²) in [6.45, 7) is 4.35. The lowest BCUT2D eigenvalue weighted by Crippen LogP contribution is -2.28. The second-order valence-corrected chi connectivity index (χ2v) is 10.7. The van der Waals surface area contributed by atoms with Crippen molar-refractivity contribution in [2.75, 3.05) is 0 Å². The normalized spacial score (nSPS) is 12.8. The first-order chi connectivity index (χ1) is 20.1. The van der Waals surface area contributed by atoms with Gasteiger partial charge in [-0.25, -0.2) is 0 Å². The molecule has 0 saturated carbocycles. The molecule has 0 heterocycles. The summed E-state index contributed by atoms with van der Waals surface area (Å²) in [6, 6.07) is 50.7. The maximum absolute atomic E-state index is 6.17. The van der Waals surface area contributed by atoms with Gasteiger partial charge in [0.25, 0.3) is 0 Å². The predicted molar refractivity (Wildman–Crippen MR) is 166 cm³/mol. The maximum atomic E-state index is 6.17. The van der Waals surface area contributed by atoms with E-state index >= 15 is 0 Å². The first kappa shape index (κ1) is 24.9. The van der Waals surface area contributed by atoms with E-state index in [0.29, 0.717) is 0 Å². The largest absolute Gasteiger partial charge is 0.457 e. The molecule has 0 bridgehead atoms. The SMILES string of the molecule is Cc1ccc2c(c1)C(c1ccc(Oc3ccccc3)cc1)(c1ccc(Oc3ccccc3)cc1)c1cc(C)ccc1-2. The Morgan fingerprint density at radius 2 is 0.756 bits per heavy atom. The standard InChI is InChI=1S/C39H30O2/c1-27-13-23-35-36-24-14-28(2)26-38(36)39(37(35)25-27,29-15-19-33(20-16-29)40-31-9-5-3-6-10-31)30-17-21-34(22-18-30)41-32-11-7-4-8-12-32/h3-26H,1-2H3. The average molecular weight is 531 g/mol. The van der Waals surface area contributed by atoms with Gasteiger partial charge in [-0.2, -0.15) is 0 Å². The summed E-state index contributed by atoms with van der Waals surface area (Å²) in [5, 5.41) is 0. The number of rotatable bonds is 6.